The van der Waals surface area contributed by atoms with Crippen molar-refractivity contribution in [1.82, 2.24) is 4.90 Å². The first-order valence-electron chi connectivity index (χ1n) is 10.5. The average molecular weight is 436 g/mol. The Hall–Kier alpha value is -2.36. The summed E-state index contributed by atoms with van der Waals surface area (Å²) in [4.78, 5) is 3.26. The molecule has 1 heterocycles. The van der Waals surface area contributed by atoms with E-state index in [4.69, 9.17) is 28.6 Å². The normalized spacial score (nSPS) is 14.5. The molecule has 0 atom stereocenters. The van der Waals surface area contributed by atoms with Crippen molar-refractivity contribution < 1.29 is 4.74 Å². The summed E-state index contributed by atoms with van der Waals surface area (Å²) in [6.45, 7) is 2.55. The predicted octanol–water partition coefficient (Wildman–Crippen LogP) is 6.55. The third-order valence-electron chi connectivity index (χ3n) is 5.67. The second-order valence-corrected chi connectivity index (χ2v) is 8.69. The van der Waals surface area contributed by atoms with Crippen LogP contribution in [-0.4, -0.2) is 23.0 Å². The van der Waals surface area contributed by atoms with Crippen molar-refractivity contribution in [2.75, 3.05) is 13.1 Å². The van der Waals surface area contributed by atoms with E-state index >= 15 is 0 Å². The van der Waals surface area contributed by atoms with Crippen LogP contribution in [0, 0.1) is 5.92 Å². The Balaban J connectivity index is 1.31. The molecule has 4 heteroatoms. The summed E-state index contributed by atoms with van der Waals surface area (Å²) in [5.41, 5.74) is 3.58. The lowest BCUT2D eigenvalue weighted by molar-refractivity contribution is 0.268. The Morgan fingerprint density at radius 2 is 1.63 bits per heavy atom. The number of benzene rings is 3. The Kier molecular flexibility index (Phi) is 7.03. The number of hydrogen-bond acceptors (Lipinski definition) is 2. The number of ether oxygens (including phenoxy) is 1. The van der Waals surface area contributed by atoms with E-state index in [1.807, 2.05) is 42.5 Å². The smallest absolute Gasteiger partial charge is 0.120 e. The van der Waals surface area contributed by atoms with E-state index in [0.29, 0.717) is 6.61 Å². The van der Waals surface area contributed by atoms with Gasteiger partial charge in [0.2, 0.25) is 0 Å². The van der Waals surface area contributed by atoms with Gasteiger partial charge in [0, 0.05) is 23.7 Å². The van der Waals surface area contributed by atoms with Gasteiger partial charge in [0.05, 0.1) is 0 Å². The monoisotopic (exact) mass is 435 g/mol. The predicted molar refractivity (Wildman–Crippen MR) is 128 cm³/mol. The van der Waals surface area contributed by atoms with E-state index in [1.54, 1.807) is 0 Å². The van der Waals surface area contributed by atoms with Crippen LogP contribution < -0.4 is 4.74 Å². The highest BCUT2D eigenvalue weighted by atomic mass is 35.5. The minimum absolute atomic E-state index is 0.512. The van der Waals surface area contributed by atoms with Gasteiger partial charge in [-0.2, -0.15) is 0 Å². The molecule has 1 fully saturated rings. The van der Waals surface area contributed by atoms with Crippen molar-refractivity contribution in [3.8, 4) is 5.75 Å². The standard InChI is InChI=1S/C26H26ClNOS/c27-24-11-9-22(10-12-24)19-29-25-8-4-7-23(18-25)26(30)28-15-13-21(14-16-28)17-20-5-2-1-3-6-20/h1-12,18,21H,13-17,19H2. The van der Waals surface area contributed by atoms with Crippen molar-refractivity contribution >= 4 is 28.8 Å². The van der Waals surface area contributed by atoms with Crippen LogP contribution >= 0.6 is 23.8 Å². The number of thiocarbonyl (C=S) groups is 1. The lowest BCUT2D eigenvalue weighted by Gasteiger charge is -2.34. The number of piperidine rings is 1. The second kappa shape index (κ2) is 10.1. The molecule has 2 nitrogen and oxygen atoms in total. The molecule has 3 aromatic carbocycles. The van der Waals surface area contributed by atoms with Gasteiger partial charge in [0.15, 0.2) is 0 Å². The van der Waals surface area contributed by atoms with E-state index in [-0.39, 0.29) is 0 Å². The SMILES string of the molecule is S=C(c1cccc(OCc2ccc(Cl)cc2)c1)N1CCC(Cc2ccccc2)CC1. The fourth-order valence-corrected chi connectivity index (χ4v) is 4.37. The van der Waals surface area contributed by atoms with Gasteiger partial charge in [-0.05, 0) is 60.6 Å². The van der Waals surface area contributed by atoms with Crippen LogP contribution in [0.15, 0.2) is 78.9 Å². The zero-order chi connectivity index (χ0) is 20.8. The Morgan fingerprint density at radius 1 is 0.900 bits per heavy atom. The topological polar surface area (TPSA) is 12.5 Å². The van der Waals surface area contributed by atoms with Gasteiger partial charge in [-0.25, -0.2) is 0 Å². The van der Waals surface area contributed by atoms with Crippen LogP contribution in [0.2, 0.25) is 5.02 Å². The van der Waals surface area contributed by atoms with Crippen LogP contribution in [0.25, 0.3) is 0 Å². The first kappa shape index (κ1) is 20.9. The summed E-state index contributed by atoms with van der Waals surface area (Å²) < 4.78 is 5.97. The van der Waals surface area contributed by atoms with Crippen LogP contribution in [0.5, 0.6) is 5.75 Å². The molecule has 0 aliphatic carbocycles. The largest absolute Gasteiger partial charge is 0.489 e. The summed E-state index contributed by atoms with van der Waals surface area (Å²) in [6, 6.07) is 26.6. The quantitative estimate of drug-likeness (QED) is 0.407. The molecule has 1 aliphatic heterocycles. The molecule has 3 aromatic rings. The zero-order valence-corrected chi connectivity index (χ0v) is 18.5. The molecule has 1 aliphatic rings. The lowest BCUT2D eigenvalue weighted by atomic mass is 9.90. The van der Waals surface area contributed by atoms with Gasteiger partial charge >= 0.3 is 0 Å². The number of rotatable bonds is 6. The number of likely N-dealkylation sites (tertiary alicyclic amines) is 1. The van der Waals surface area contributed by atoms with Gasteiger partial charge in [-0.1, -0.05) is 78.4 Å². The maximum absolute atomic E-state index is 5.97. The summed E-state index contributed by atoms with van der Waals surface area (Å²) in [5.74, 6) is 1.57. The number of halogens is 1. The van der Waals surface area contributed by atoms with E-state index in [0.717, 1.165) is 52.3 Å². The minimum atomic E-state index is 0.512. The van der Waals surface area contributed by atoms with Crippen LogP contribution in [0.4, 0.5) is 0 Å². The highest BCUT2D eigenvalue weighted by Gasteiger charge is 2.22. The van der Waals surface area contributed by atoms with Crippen molar-refractivity contribution in [1.29, 1.82) is 0 Å². The first-order chi connectivity index (χ1) is 14.7. The zero-order valence-electron chi connectivity index (χ0n) is 17.0. The fourth-order valence-electron chi connectivity index (χ4n) is 3.94. The van der Waals surface area contributed by atoms with E-state index in [1.165, 1.54) is 18.4 Å². The van der Waals surface area contributed by atoms with Crippen molar-refractivity contribution in [2.24, 2.45) is 5.92 Å². The molecule has 0 bridgehead atoms. The Bertz CT molecular complexity index is 966. The van der Waals surface area contributed by atoms with Gasteiger partial charge in [-0.15, -0.1) is 0 Å². The highest BCUT2D eigenvalue weighted by Crippen LogP contribution is 2.24. The molecule has 30 heavy (non-hydrogen) atoms. The molecule has 0 spiro atoms. The van der Waals surface area contributed by atoms with Gasteiger partial charge in [0.1, 0.15) is 17.3 Å². The van der Waals surface area contributed by atoms with Gasteiger partial charge in [-0.3, -0.25) is 0 Å². The molecule has 4 rings (SSSR count). The Morgan fingerprint density at radius 3 is 2.37 bits per heavy atom. The van der Waals surface area contributed by atoms with E-state index < -0.39 is 0 Å². The van der Waals surface area contributed by atoms with Crippen LogP contribution in [0.3, 0.4) is 0 Å². The molecule has 154 valence electrons. The lowest BCUT2D eigenvalue weighted by Crippen LogP contribution is -2.38. The molecular formula is C26H26ClNOS. The highest BCUT2D eigenvalue weighted by molar-refractivity contribution is 7.80. The summed E-state index contributed by atoms with van der Waals surface area (Å²) in [5, 5.41) is 0.735. The van der Waals surface area contributed by atoms with Gasteiger partial charge < -0.3 is 9.64 Å². The van der Waals surface area contributed by atoms with E-state index in [9.17, 15) is 0 Å². The van der Waals surface area contributed by atoms with Crippen LogP contribution in [0.1, 0.15) is 29.5 Å². The summed E-state index contributed by atoms with van der Waals surface area (Å²) in [7, 11) is 0. The molecule has 0 amide bonds. The molecule has 0 aromatic heterocycles. The molecular weight excluding hydrogens is 410 g/mol. The number of nitrogens with zero attached hydrogens (tertiary/aromatic N) is 1. The average Bonchev–Trinajstić information content (AvgIpc) is 2.80. The maximum atomic E-state index is 5.97. The molecule has 0 N–H and O–H groups in total. The number of hydrogen-bond donors (Lipinski definition) is 0. The van der Waals surface area contributed by atoms with Crippen LogP contribution in [-0.2, 0) is 13.0 Å². The molecule has 0 saturated carbocycles. The minimum Gasteiger partial charge on any atom is -0.489 e. The fraction of sp³-hybridized carbons (Fsp3) is 0.269. The maximum Gasteiger partial charge on any atom is 0.120 e. The van der Waals surface area contributed by atoms with Crippen molar-refractivity contribution in [2.45, 2.75) is 25.9 Å². The van der Waals surface area contributed by atoms with E-state index in [2.05, 4.69) is 41.3 Å². The van der Waals surface area contributed by atoms with Crippen molar-refractivity contribution in [3.05, 3.63) is 101 Å². The molecule has 0 radical (unpaired) electrons. The molecule has 0 unspecified atom stereocenters. The Labute approximate surface area is 189 Å². The third kappa shape index (κ3) is 5.62. The summed E-state index contributed by atoms with van der Waals surface area (Å²) >= 11 is 11.8. The summed E-state index contributed by atoms with van der Waals surface area (Å²) in [6.07, 6.45) is 3.53. The third-order valence-corrected chi connectivity index (χ3v) is 6.41. The second-order valence-electron chi connectivity index (χ2n) is 7.87. The van der Waals surface area contributed by atoms with Gasteiger partial charge in [0.25, 0.3) is 0 Å². The first-order valence-corrected chi connectivity index (χ1v) is 11.3. The molecule has 1 saturated heterocycles. The van der Waals surface area contributed by atoms with Crippen molar-refractivity contribution in [3.63, 3.8) is 0 Å².